The second kappa shape index (κ2) is 11.4. The fraction of sp³-hybridized carbons (Fsp3) is 0.571. The fourth-order valence-corrected chi connectivity index (χ4v) is 3.16. The molecule has 1 N–H and O–H groups in total. The quantitative estimate of drug-likeness (QED) is 0.303. The number of oxime groups is 1. The molecule has 0 saturated heterocycles. The maximum atomic E-state index is 12.6. The molecular weight excluding hydrogens is 328 g/mol. The van der Waals surface area contributed by atoms with Crippen molar-refractivity contribution in [2.75, 3.05) is 0 Å². The number of carbonyl (C=O) groups excluding carboxylic acids is 2. The highest BCUT2D eigenvalue weighted by Crippen LogP contribution is 2.17. The summed E-state index contributed by atoms with van der Waals surface area (Å²) in [5.74, 6) is -0.739. The highest BCUT2D eigenvalue weighted by molar-refractivity contribution is 6.38. The Morgan fingerprint density at radius 2 is 1.81 bits per heavy atom. The molecule has 5 nitrogen and oxygen atoms in total. The van der Waals surface area contributed by atoms with Gasteiger partial charge >= 0.3 is 5.97 Å². The smallest absolute Gasteiger partial charge is 0.348 e. The molecule has 0 aromatic heterocycles. The fourth-order valence-electron chi connectivity index (χ4n) is 3.16. The predicted octanol–water partition coefficient (Wildman–Crippen LogP) is 4.62. The summed E-state index contributed by atoms with van der Waals surface area (Å²) in [6.07, 6.45) is 10.3. The zero-order valence-corrected chi connectivity index (χ0v) is 15.7. The van der Waals surface area contributed by atoms with Crippen LogP contribution in [0.5, 0.6) is 0 Å². The summed E-state index contributed by atoms with van der Waals surface area (Å²) in [6.45, 7) is 2.15. The van der Waals surface area contributed by atoms with Crippen LogP contribution in [0.4, 0.5) is 0 Å². The van der Waals surface area contributed by atoms with E-state index in [9.17, 15) is 9.59 Å². The van der Waals surface area contributed by atoms with Crippen molar-refractivity contribution < 1.29 is 14.4 Å². The van der Waals surface area contributed by atoms with Crippen LogP contribution in [-0.4, -0.2) is 23.6 Å². The number of hydrogen-bond donors (Lipinski definition) is 1. The summed E-state index contributed by atoms with van der Waals surface area (Å²) in [6, 6.07) is 8.91. The molecule has 0 aliphatic heterocycles. The Morgan fingerprint density at radius 1 is 1.08 bits per heavy atom. The van der Waals surface area contributed by atoms with Crippen LogP contribution < -0.4 is 5.32 Å². The summed E-state index contributed by atoms with van der Waals surface area (Å²) in [7, 11) is 0. The van der Waals surface area contributed by atoms with Crippen LogP contribution in [0.2, 0.25) is 0 Å². The van der Waals surface area contributed by atoms with Gasteiger partial charge in [-0.05, 0) is 37.8 Å². The molecule has 0 bridgehead atoms. The molecule has 26 heavy (non-hydrogen) atoms. The number of unbranched alkanes of at least 4 members (excludes halogenated alkanes) is 3. The highest BCUT2D eigenvalue weighted by atomic mass is 16.7. The molecule has 5 heteroatoms. The van der Waals surface area contributed by atoms with Crippen molar-refractivity contribution >= 4 is 17.6 Å². The molecule has 1 aromatic carbocycles. The molecule has 0 radical (unpaired) electrons. The van der Waals surface area contributed by atoms with E-state index >= 15 is 0 Å². The summed E-state index contributed by atoms with van der Waals surface area (Å²) in [5.41, 5.74) is 0.741. The second-order valence-electron chi connectivity index (χ2n) is 6.90. The maximum absolute atomic E-state index is 12.6. The Hall–Kier alpha value is -2.17. The number of nitrogens with one attached hydrogen (secondary N) is 1. The summed E-state index contributed by atoms with van der Waals surface area (Å²) in [4.78, 5) is 29.7. The minimum atomic E-state index is -0.540. The van der Waals surface area contributed by atoms with Crippen molar-refractivity contribution in [1.82, 2.24) is 5.32 Å². The third kappa shape index (κ3) is 6.98. The Balaban J connectivity index is 1.96. The van der Waals surface area contributed by atoms with E-state index in [4.69, 9.17) is 4.84 Å². The van der Waals surface area contributed by atoms with E-state index in [2.05, 4.69) is 17.4 Å². The number of rotatable bonds is 9. The third-order valence-corrected chi connectivity index (χ3v) is 4.72. The lowest BCUT2D eigenvalue weighted by Gasteiger charge is -2.22. The molecule has 1 amide bonds. The number of nitrogens with zero attached hydrogens (tertiary/aromatic N) is 1. The first-order chi connectivity index (χ1) is 12.7. The van der Waals surface area contributed by atoms with E-state index in [1.165, 1.54) is 6.42 Å². The van der Waals surface area contributed by atoms with Gasteiger partial charge in [0.25, 0.3) is 5.91 Å². The minimum Gasteiger partial charge on any atom is -0.348 e. The van der Waals surface area contributed by atoms with Gasteiger partial charge in [-0.25, -0.2) is 4.79 Å². The first-order valence-corrected chi connectivity index (χ1v) is 9.85. The Morgan fingerprint density at radius 3 is 2.50 bits per heavy atom. The summed E-state index contributed by atoms with van der Waals surface area (Å²) >= 11 is 0. The lowest BCUT2D eigenvalue weighted by atomic mass is 9.95. The van der Waals surface area contributed by atoms with Crippen molar-refractivity contribution in [3.05, 3.63) is 35.9 Å². The zero-order chi connectivity index (χ0) is 18.6. The number of carbonyl (C=O) groups is 2. The van der Waals surface area contributed by atoms with Gasteiger partial charge in [-0.3, -0.25) is 4.79 Å². The van der Waals surface area contributed by atoms with E-state index in [1.807, 2.05) is 6.07 Å². The third-order valence-electron chi connectivity index (χ3n) is 4.72. The van der Waals surface area contributed by atoms with Gasteiger partial charge in [0.15, 0.2) is 0 Å². The van der Waals surface area contributed by atoms with E-state index in [0.29, 0.717) is 17.7 Å². The first kappa shape index (κ1) is 20.1. The Bertz CT molecular complexity index is 593. The highest BCUT2D eigenvalue weighted by Gasteiger charge is 2.20. The molecule has 1 fully saturated rings. The van der Waals surface area contributed by atoms with Crippen LogP contribution in [0.25, 0.3) is 0 Å². The lowest BCUT2D eigenvalue weighted by Crippen LogP contribution is -2.40. The average molecular weight is 358 g/mol. The normalized spacial score (nSPS) is 15.5. The first-order valence-electron chi connectivity index (χ1n) is 9.85. The van der Waals surface area contributed by atoms with Crippen molar-refractivity contribution in [3.8, 4) is 0 Å². The molecular formula is C21H30N2O3. The lowest BCUT2D eigenvalue weighted by molar-refractivity contribution is -0.115. The second-order valence-corrected chi connectivity index (χ2v) is 6.90. The number of benzene rings is 1. The van der Waals surface area contributed by atoms with Gasteiger partial charge in [-0.1, -0.05) is 68.8 Å². The standard InChI is InChI=1S/C21H30N2O3/c1-2-3-4-11-16-19(20(24)22-18-14-9-6-10-15-18)23-26-21(25)17-12-7-5-8-13-17/h5,7-8,12-13,18H,2-4,6,9-11,14-16H2,1H3,(H,22,24)/b23-19-. The van der Waals surface area contributed by atoms with Crippen molar-refractivity contribution in [2.45, 2.75) is 77.2 Å². The van der Waals surface area contributed by atoms with E-state index in [1.54, 1.807) is 24.3 Å². The molecule has 0 unspecified atom stereocenters. The van der Waals surface area contributed by atoms with Crippen LogP contribution in [0.3, 0.4) is 0 Å². The molecule has 0 atom stereocenters. The van der Waals surface area contributed by atoms with Gasteiger partial charge in [-0.15, -0.1) is 0 Å². The molecule has 1 saturated carbocycles. The van der Waals surface area contributed by atoms with Gasteiger partial charge < -0.3 is 10.2 Å². The maximum Gasteiger partial charge on any atom is 0.365 e. The van der Waals surface area contributed by atoms with Crippen LogP contribution in [-0.2, 0) is 9.63 Å². The van der Waals surface area contributed by atoms with E-state index in [0.717, 1.165) is 51.4 Å². The molecule has 142 valence electrons. The molecule has 0 spiro atoms. The van der Waals surface area contributed by atoms with Crippen LogP contribution >= 0.6 is 0 Å². The van der Waals surface area contributed by atoms with Gasteiger partial charge in [0, 0.05) is 6.04 Å². The van der Waals surface area contributed by atoms with Gasteiger partial charge in [0.1, 0.15) is 5.71 Å². The minimum absolute atomic E-state index is 0.200. The Labute approximate surface area is 156 Å². The number of amides is 1. The zero-order valence-electron chi connectivity index (χ0n) is 15.7. The summed E-state index contributed by atoms with van der Waals surface area (Å²) in [5, 5.41) is 6.98. The van der Waals surface area contributed by atoms with Gasteiger partial charge in [0.2, 0.25) is 0 Å². The number of hydrogen-bond acceptors (Lipinski definition) is 4. The van der Waals surface area contributed by atoms with Crippen molar-refractivity contribution in [1.29, 1.82) is 0 Å². The largest absolute Gasteiger partial charge is 0.365 e. The average Bonchev–Trinajstić information content (AvgIpc) is 2.68. The van der Waals surface area contributed by atoms with Gasteiger partial charge in [0.05, 0.1) is 5.56 Å². The Kier molecular flexibility index (Phi) is 8.87. The molecule has 1 aliphatic rings. The molecule has 1 aliphatic carbocycles. The van der Waals surface area contributed by atoms with E-state index < -0.39 is 5.97 Å². The van der Waals surface area contributed by atoms with Crippen LogP contribution in [0, 0.1) is 0 Å². The molecule has 2 rings (SSSR count). The monoisotopic (exact) mass is 358 g/mol. The van der Waals surface area contributed by atoms with Gasteiger partial charge in [-0.2, -0.15) is 0 Å². The molecule has 0 heterocycles. The predicted molar refractivity (Wildman–Crippen MR) is 103 cm³/mol. The van der Waals surface area contributed by atoms with Crippen LogP contribution in [0.15, 0.2) is 35.5 Å². The summed E-state index contributed by atoms with van der Waals surface area (Å²) < 4.78 is 0. The van der Waals surface area contributed by atoms with E-state index in [-0.39, 0.29) is 11.9 Å². The SMILES string of the molecule is CCCCCC/C(=N/OC(=O)c1ccccc1)C(=O)NC1CCCCC1. The topological polar surface area (TPSA) is 67.8 Å². The van der Waals surface area contributed by atoms with Crippen LogP contribution in [0.1, 0.15) is 81.5 Å². The van der Waals surface area contributed by atoms with Crippen molar-refractivity contribution in [3.63, 3.8) is 0 Å². The van der Waals surface area contributed by atoms with Crippen molar-refractivity contribution in [2.24, 2.45) is 5.16 Å². The molecule has 1 aromatic rings.